The molecule has 0 bridgehead atoms. The summed E-state index contributed by atoms with van der Waals surface area (Å²) in [5.41, 5.74) is -2.24. The van der Waals surface area contributed by atoms with Gasteiger partial charge >= 0.3 is 0 Å². The quantitative estimate of drug-likeness (QED) is 0.646. The number of carbonyl (C=O) groups is 1. The first-order valence-corrected chi connectivity index (χ1v) is 10.1. The second-order valence-corrected chi connectivity index (χ2v) is 8.76. The Morgan fingerprint density at radius 1 is 1.33 bits per heavy atom. The monoisotopic (exact) mass is 440 g/mol. The fourth-order valence-corrected chi connectivity index (χ4v) is 4.40. The maximum absolute atomic E-state index is 14.6. The van der Waals surface area contributed by atoms with Crippen LogP contribution in [0.25, 0.3) is 0 Å². The maximum Gasteiger partial charge on any atom is 0.276 e. The number of anilines is 1. The smallest absolute Gasteiger partial charge is 0.276 e. The molecule has 30 heavy (non-hydrogen) atoms. The van der Waals surface area contributed by atoms with Gasteiger partial charge in [0.25, 0.3) is 5.91 Å². The van der Waals surface area contributed by atoms with Crippen LogP contribution in [0.4, 0.5) is 14.5 Å². The van der Waals surface area contributed by atoms with E-state index in [0.29, 0.717) is 4.31 Å². The molecule has 1 aromatic carbocycles. The van der Waals surface area contributed by atoms with Crippen LogP contribution in [0.3, 0.4) is 0 Å². The van der Waals surface area contributed by atoms with Crippen molar-refractivity contribution in [2.75, 3.05) is 25.2 Å². The highest BCUT2D eigenvalue weighted by atomic mass is 32.2. The number of carbonyl (C=O) groups excluding carboxylic acids is 1. The van der Waals surface area contributed by atoms with Gasteiger partial charge in [-0.1, -0.05) is 0 Å². The van der Waals surface area contributed by atoms with E-state index in [1.54, 1.807) is 0 Å². The highest BCUT2D eigenvalue weighted by molar-refractivity contribution is 7.89. The van der Waals surface area contributed by atoms with Gasteiger partial charge in [-0.3, -0.25) is 10.2 Å². The Morgan fingerprint density at radius 2 is 2.03 bits per heavy atom. The van der Waals surface area contributed by atoms with Gasteiger partial charge in [0.2, 0.25) is 21.9 Å². The number of methoxy groups -OCH3 is 1. The molecule has 3 N–H and O–H groups in total. The molecule has 160 valence electrons. The van der Waals surface area contributed by atoms with Gasteiger partial charge in [-0.15, -0.1) is 10.2 Å². The summed E-state index contributed by atoms with van der Waals surface area (Å²) in [7, 11) is -1.39. The number of rotatable bonds is 4. The number of hydrogen-bond donors (Lipinski definition) is 3. The molecular formula is C17H18F2N6O4S. The van der Waals surface area contributed by atoms with Crippen LogP contribution in [0.1, 0.15) is 23.0 Å². The molecule has 1 amide bonds. The number of aromatic nitrogens is 2. The largest absolute Gasteiger partial charge is 0.480 e. The number of nitrogens with zero attached hydrogens (tertiary/aromatic N) is 3. The van der Waals surface area contributed by atoms with Crippen LogP contribution >= 0.6 is 0 Å². The van der Waals surface area contributed by atoms with Crippen molar-refractivity contribution >= 4 is 27.6 Å². The van der Waals surface area contributed by atoms with Gasteiger partial charge in [-0.05, 0) is 19.1 Å². The highest BCUT2D eigenvalue weighted by Gasteiger charge is 2.44. The number of amides is 1. The van der Waals surface area contributed by atoms with E-state index in [4.69, 9.17) is 10.1 Å². The Hall–Kier alpha value is -3.35. The molecule has 10 nitrogen and oxygen atoms in total. The van der Waals surface area contributed by atoms with Crippen molar-refractivity contribution in [1.29, 1.82) is 5.41 Å². The van der Waals surface area contributed by atoms with Crippen LogP contribution in [0, 0.1) is 17.0 Å². The Bertz CT molecular complexity index is 1130. The van der Waals surface area contributed by atoms with Crippen LogP contribution in [0.15, 0.2) is 24.3 Å². The van der Waals surface area contributed by atoms with Crippen molar-refractivity contribution in [2.45, 2.75) is 12.5 Å². The maximum atomic E-state index is 14.6. The summed E-state index contributed by atoms with van der Waals surface area (Å²) in [6.07, 6.45) is 0. The lowest BCUT2D eigenvalue weighted by atomic mass is 9.92. The van der Waals surface area contributed by atoms with Crippen molar-refractivity contribution in [3.63, 3.8) is 0 Å². The Labute approximate surface area is 170 Å². The van der Waals surface area contributed by atoms with E-state index >= 15 is 0 Å². The SMILES string of the molecule is COc1ccc(C(=O)Nc2cc(F)c(F)c([C@]3(C)CS(=O)(=O)N(C)C(=N)N3)c2)nn1. The zero-order valence-corrected chi connectivity index (χ0v) is 17.0. The van der Waals surface area contributed by atoms with Gasteiger partial charge in [0.15, 0.2) is 17.3 Å². The molecule has 1 aliphatic rings. The molecule has 0 spiro atoms. The van der Waals surface area contributed by atoms with Crippen LogP contribution in [0.5, 0.6) is 5.88 Å². The fraction of sp³-hybridized carbons (Fsp3) is 0.294. The van der Waals surface area contributed by atoms with Gasteiger partial charge in [0, 0.05) is 30.4 Å². The van der Waals surface area contributed by atoms with E-state index in [2.05, 4.69) is 20.8 Å². The summed E-state index contributed by atoms with van der Waals surface area (Å²) in [6.45, 7) is 1.32. The van der Waals surface area contributed by atoms with Crippen LogP contribution < -0.4 is 15.4 Å². The van der Waals surface area contributed by atoms with E-state index in [9.17, 15) is 22.0 Å². The third-order valence-electron chi connectivity index (χ3n) is 4.56. The number of guanidine groups is 1. The van der Waals surface area contributed by atoms with Crippen molar-refractivity contribution in [3.05, 3.63) is 47.2 Å². The molecule has 0 saturated carbocycles. The molecule has 1 saturated heterocycles. The summed E-state index contributed by atoms with van der Waals surface area (Å²) in [5, 5.41) is 20.1. The molecule has 3 rings (SSSR count). The predicted octanol–water partition coefficient (Wildman–Crippen LogP) is 1.03. The summed E-state index contributed by atoms with van der Waals surface area (Å²) in [6, 6.07) is 4.59. The van der Waals surface area contributed by atoms with Gasteiger partial charge in [0.1, 0.15) is 0 Å². The van der Waals surface area contributed by atoms with Gasteiger partial charge in [0.05, 0.1) is 18.4 Å². The zero-order chi connectivity index (χ0) is 22.3. The predicted molar refractivity (Wildman–Crippen MR) is 103 cm³/mol. The third-order valence-corrected chi connectivity index (χ3v) is 6.52. The van der Waals surface area contributed by atoms with Crippen molar-refractivity contribution in [1.82, 2.24) is 19.8 Å². The minimum absolute atomic E-state index is 0.102. The van der Waals surface area contributed by atoms with Crippen LogP contribution in [-0.4, -0.2) is 54.7 Å². The molecule has 1 aliphatic heterocycles. The van der Waals surface area contributed by atoms with E-state index < -0.39 is 44.8 Å². The lowest BCUT2D eigenvalue weighted by Crippen LogP contribution is -2.61. The summed E-state index contributed by atoms with van der Waals surface area (Å²) in [5.74, 6) is -4.27. The first-order valence-electron chi connectivity index (χ1n) is 8.49. The topological polar surface area (TPSA) is 137 Å². The molecule has 2 heterocycles. The number of ether oxygens (including phenoxy) is 1. The Balaban J connectivity index is 1.96. The molecular weight excluding hydrogens is 422 g/mol. The molecule has 0 radical (unpaired) electrons. The first kappa shape index (κ1) is 21.4. The first-order chi connectivity index (χ1) is 14.0. The van der Waals surface area contributed by atoms with E-state index in [0.717, 1.165) is 12.1 Å². The van der Waals surface area contributed by atoms with Gasteiger partial charge in [-0.25, -0.2) is 21.5 Å². The minimum Gasteiger partial charge on any atom is -0.480 e. The average molecular weight is 440 g/mol. The molecule has 0 unspecified atom stereocenters. The lowest BCUT2D eigenvalue weighted by Gasteiger charge is -2.40. The number of halogens is 2. The molecule has 0 aliphatic carbocycles. The number of nitrogens with one attached hydrogen (secondary N) is 3. The van der Waals surface area contributed by atoms with E-state index in [-0.39, 0.29) is 22.8 Å². The van der Waals surface area contributed by atoms with Gasteiger partial charge in [-0.2, -0.15) is 0 Å². The zero-order valence-electron chi connectivity index (χ0n) is 16.2. The summed E-state index contributed by atoms with van der Waals surface area (Å²) >= 11 is 0. The number of benzene rings is 1. The van der Waals surface area contributed by atoms with Crippen LogP contribution in [-0.2, 0) is 15.6 Å². The number of hydrogen-bond acceptors (Lipinski definition) is 7. The molecule has 1 fully saturated rings. The lowest BCUT2D eigenvalue weighted by molar-refractivity contribution is 0.102. The molecule has 1 aromatic heterocycles. The summed E-state index contributed by atoms with van der Waals surface area (Å²) in [4.78, 5) is 12.4. The van der Waals surface area contributed by atoms with Crippen LogP contribution in [0.2, 0.25) is 0 Å². The van der Waals surface area contributed by atoms with E-state index in [1.807, 2.05) is 0 Å². The van der Waals surface area contributed by atoms with Crippen molar-refractivity contribution in [2.24, 2.45) is 0 Å². The normalized spacial score (nSPS) is 20.4. The highest BCUT2D eigenvalue weighted by Crippen LogP contribution is 2.32. The molecule has 2 aromatic rings. The minimum atomic E-state index is -3.94. The van der Waals surface area contributed by atoms with Crippen molar-refractivity contribution < 1.29 is 26.7 Å². The van der Waals surface area contributed by atoms with Gasteiger partial charge < -0.3 is 15.4 Å². The summed E-state index contributed by atoms with van der Waals surface area (Å²) < 4.78 is 59.0. The number of sulfonamides is 1. The second-order valence-electron chi connectivity index (χ2n) is 6.76. The Kier molecular flexibility index (Phi) is 5.33. The molecule has 1 atom stereocenters. The second kappa shape index (κ2) is 7.48. The standard InChI is InChI=1S/C17H18F2N6O4S/c1-17(8-30(27,28)25(2)16(20)22-17)10-6-9(7-11(18)14(10)19)21-15(26)12-4-5-13(29-3)24-23-12/h4-7H,8H2,1-3H3,(H2,20,22)(H,21,26)/t17-/m0/s1. The van der Waals surface area contributed by atoms with Crippen molar-refractivity contribution in [3.8, 4) is 5.88 Å². The average Bonchev–Trinajstić information content (AvgIpc) is 2.68. The Morgan fingerprint density at radius 3 is 2.60 bits per heavy atom. The molecule has 13 heteroatoms. The fourth-order valence-electron chi connectivity index (χ4n) is 2.93. The van der Waals surface area contributed by atoms with E-state index in [1.165, 1.54) is 33.2 Å². The third kappa shape index (κ3) is 3.87.